The number of para-hydroxylation sites is 1. The van der Waals surface area contributed by atoms with Crippen molar-refractivity contribution in [2.45, 2.75) is 0 Å². The number of benzene rings is 6. The quantitative estimate of drug-likeness (QED) is 0.154. The summed E-state index contributed by atoms with van der Waals surface area (Å²) in [5, 5.41) is 8.05. The molecule has 187 valence electrons. The highest BCUT2D eigenvalue weighted by atomic mass is 79.9. The molecular weight excluding hydrogens is 554 g/mol. The van der Waals surface area contributed by atoms with Crippen LogP contribution < -0.4 is 20.7 Å². The summed E-state index contributed by atoms with van der Waals surface area (Å²) in [5.41, 5.74) is 3.60. The van der Waals surface area contributed by atoms with Crippen molar-refractivity contribution >= 4 is 66.6 Å². The van der Waals surface area contributed by atoms with E-state index in [4.69, 9.17) is 0 Å². The third-order valence-electron chi connectivity index (χ3n) is 7.79. The van der Waals surface area contributed by atoms with Crippen LogP contribution in [0.1, 0.15) is 0 Å². The van der Waals surface area contributed by atoms with E-state index in [0.717, 1.165) is 4.47 Å². The molecule has 0 saturated carbocycles. The molecule has 0 N–H and O–H groups in total. The zero-order valence-corrected chi connectivity index (χ0v) is 23.9. The van der Waals surface area contributed by atoms with Crippen molar-refractivity contribution in [3.8, 4) is 5.69 Å². The molecule has 3 heteroatoms. The summed E-state index contributed by atoms with van der Waals surface area (Å²) in [7, 11) is -2.61. The molecular formula is C36H26BrNSi-. The van der Waals surface area contributed by atoms with Gasteiger partial charge in [-0.15, -0.1) is 0 Å². The van der Waals surface area contributed by atoms with Gasteiger partial charge in [0, 0.05) is 20.9 Å². The van der Waals surface area contributed by atoms with Crippen LogP contribution in [0.4, 0.5) is 0 Å². The zero-order valence-electron chi connectivity index (χ0n) is 21.3. The fourth-order valence-electron chi connectivity index (χ4n) is 6.15. The van der Waals surface area contributed by atoms with Crippen molar-refractivity contribution < 1.29 is 0 Å². The van der Waals surface area contributed by atoms with Gasteiger partial charge in [0.15, 0.2) is 0 Å². The lowest BCUT2D eigenvalue weighted by Crippen LogP contribution is -2.74. The van der Waals surface area contributed by atoms with Crippen LogP contribution in [0.3, 0.4) is 0 Å². The van der Waals surface area contributed by atoms with Crippen LogP contribution in [-0.2, 0) is 0 Å². The first-order chi connectivity index (χ1) is 19.3. The largest absolute Gasteiger partial charge is 0.309 e. The fraction of sp³-hybridized carbons (Fsp3) is 0. The molecule has 0 amide bonds. The lowest BCUT2D eigenvalue weighted by molar-refractivity contribution is 1.18. The first-order valence-electron chi connectivity index (χ1n) is 13.2. The van der Waals surface area contributed by atoms with Gasteiger partial charge in [-0.2, -0.15) is 20.7 Å². The predicted octanol–water partition coefficient (Wildman–Crippen LogP) is 6.92. The number of hydrogen-bond donors (Lipinski definition) is 0. The second-order valence-electron chi connectivity index (χ2n) is 9.91. The molecule has 0 saturated heterocycles. The van der Waals surface area contributed by atoms with E-state index in [2.05, 4.69) is 178 Å². The van der Waals surface area contributed by atoms with Gasteiger partial charge in [0.05, 0.1) is 11.0 Å². The number of aromatic nitrogens is 1. The SMILES string of the molecule is Brc1ccc2c(c1)c1cc([Si-](c3ccccc3)(c3ccccc3)c3ccccc3)ccc1n2-c1ccccc1. The molecule has 1 aromatic heterocycles. The van der Waals surface area contributed by atoms with Gasteiger partial charge in [0.1, 0.15) is 0 Å². The number of halogens is 1. The average molecular weight is 581 g/mol. The van der Waals surface area contributed by atoms with Gasteiger partial charge >= 0.3 is 0 Å². The molecule has 0 aliphatic heterocycles. The maximum atomic E-state index is 3.75. The van der Waals surface area contributed by atoms with Crippen LogP contribution in [0, 0.1) is 0 Å². The lowest BCUT2D eigenvalue weighted by atomic mass is 10.1. The van der Waals surface area contributed by atoms with E-state index in [0.29, 0.717) is 0 Å². The normalized spacial score (nSPS) is 11.7. The zero-order chi connectivity index (χ0) is 26.2. The van der Waals surface area contributed by atoms with Crippen molar-refractivity contribution in [1.82, 2.24) is 4.57 Å². The van der Waals surface area contributed by atoms with Crippen LogP contribution in [0.5, 0.6) is 0 Å². The van der Waals surface area contributed by atoms with Gasteiger partial charge < -0.3 is 4.57 Å². The van der Waals surface area contributed by atoms with E-state index in [1.165, 1.54) is 48.2 Å². The Bertz CT molecular complexity index is 1800. The van der Waals surface area contributed by atoms with Crippen LogP contribution in [0.15, 0.2) is 162 Å². The molecule has 1 nitrogen and oxygen atoms in total. The van der Waals surface area contributed by atoms with Crippen LogP contribution >= 0.6 is 15.9 Å². The third kappa shape index (κ3) is 3.89. The minimum absolute atomic E-state index is 1.09. The second kappa shape index (κ2) is 9.85. The van der Waals surface area contributed by atoms with Gasteiger partial charge in [0.25, 0.3) is 0 Å². The van der Waals surface area contributed by atoms with Gasteiger partial charge in [-0.05, 0) is 44.5 Å². The van der Waals surface area contributed by atoms with E-state index in [1.54, 1.807) is 0 Å². The summed E-state index contributed by atoms with van der Waals surface area (Å²) in [4.78, 5) is 0. The molecule has 39 heavy (non-hydrogen) atoms. The van der Waals surface area contributed by atoms with Gasteiger partial charge in [-0.1, -0.05) is 137 Å². The van der Waals surface area contributed by atoms with E-state index in [9.17, 15) is 0 Å². The molecule has 1 heterocycles. The number of rotatable bonds is 5. The number of fused-ring (bicyclic) bond motifs is 3. The Hall–Kier alpha value is -4.18. The summed E-state index contributed by atoms with van der Waals surface area (Å²) >= 11 is 3.75. The van der Waals surface area contributed by atoms with Gasteiger partial charge in [0.2, 0.25) is 0 Å². The minimum atomic E-state index is -2.61. The monoisotopic (exact) mass is 579 g/mol. The van der Waals surface area contributed by atoms with Crippen molar-refractivity contribution in [3.05, 3.63) is 162 Å². The summed E-state index contributed by atoms with van der Waals surface area (Å²) < 4.78 is 3.47. The Kier molecular flexibility index (Phi) is 6.03. The Morgan fingerprint density at radius 3 is 1.36 bits per heavy atom. The number of nitrogens with zero attached hydrogens (tertiary/aromatic N) is 1. The van der Waals surface area contributed by atoms with E-state index < -0.39 is 8.07 Å². The topological polar surface area (TPSA) is 4.93 Å². The molecule has 0 bridgehead atoms. The van der Waals surface area contributed by atoms with Crippen molar-refractivity contribution in [2.24, 2.45) is 0 Å². The average Bonchev–Trinajstić information content (AvgIpc) is 3.33. The Morgan fingerprint density at radius 1 is 0.410 bits per heavy atom. The predicted molar refractivity (Wildman–Crippen MR) is 172 cm³/mol. The second-order valence-corrected chi connectivity index (χ2v) is 14.6. The van der Waals surface area contributed by atoms with Crippen molar-refractivity contribution in [3.63, 3.8) is 0 Å². The van der Waals surface area contributed by atoms with Gasteiger partial charge in [-0.25, -0.2) is 0 Å². The Balaban J connectivity index is 1.62. The molecule has 0 fully saturated rings. The molecule has 0 aliphatic rings. The minimum Gasteiger partial charge on any atom is -0.309 e. The molecule has 0 unspecified atom stereocenters. The van der Waals surface area contributed by atoms with Crippen molar-refractivity contribution in [2.75, 3.05) is 0 Å². The van der Waals surface area contributed by atoms with E-state index >= 15 is 0 Å². The Morgan fingerprint density at radius 2 is 0.846 bits per heavy atom. The third-order valence-corrected chi connectivity index (χ3v) is 13.1. The maximum absolute atomic E-state index is 3.75. The maximum Gasteiger partial charge on any atom is 0.0541 e. The summed E-state index contributed by atoms with van der Waals surface area (Å²) in [6.07, 6.45) is 0. The highest BCUT2D eigenvalue weighted by molar-refractivity contribution is 9.10. The lowest BCUT2D eigenvalue weighted by Gasteiger charge is -2.47. The molecule has 0 atom stereocenters. The highest BCUT2D eigenvalue weighted by Crippen LogP contribution is 2.33. The summed E-state index contributed by atoms with van der Waals surface area (Å²) in [6, 6.07) is 57.8. The Labute approximate surface area is 238 Å². The molecule has 0 radical (unpaired) electrons. The number of hydrogen-bond acceptors (Lipinski definition) is 0. The van der Waals surface area contributed by atoms with E-state index in [1.807, 2.05) is 0 Å². The first-order valence-corrected chi connectivity index (χ1v) is 16.0. The highest BCUT2D eigenvalue weighted by Gasteiger charge is 2.28. The van der Waals surface area contributed by atoms with Gasteiger partial charge in [-0.3, -0.25) is 0 Å². The van der Waals surface area contributed by atoms with E-state index in [-0.39, 0.29) is 0 Å². The smallest absolute Gasteiger partial charge is 0.0541 e. The molecule has 7 rings (SSSR count). The van der Waals surface area contributed by atoms with Crippen LogP contribution in [0.2, 0.25) is 0 Å². The molecule has 0 spiro atoms. The fourth-order valence-corrected chi connectivity index (χ4v) is 11.3. The van der Waals surface area contributed by atoms with Crippen LogP contribution in [0.25, 0.3) is 27.5 Å². The van der Waals surface area contributed by atoms with Crippen LogP contribution in [-0.4, -0.2) is 12.6 Å². The molecule has 6 aromatic carbocycles. The standard InChI is InChI=1S/C36H26BrNSi/c37-27-21-23-35-33(25-27)34-26-32(22-24-36(34)38(35)28-13-5-1-6-14-28)39(29-15-7-2-8-16-29,30-17-9-3-10-18-30)31-19-11-4-12-20-31/h1-26H/q-1. The summed E-state index contributed by atoms with van der Waals surface area (Å²) in [5.74, 6) is 0. The molecule has 7 aromatic rings. The molecule has 0 aliphatic carbocycles. The summed E-state index contributed by atoms with van der Waals surface area (Å²) in [6.45, 7) is 0. The first kappa shape index (κ1) is 23.9. The van der Waals surface area contributed by atoms with Crippen molar-refractivity contribution in [1.29, 1.82) is 0 Å².